The van der Waals surface area contributed by atoms with E-state index in [1.165, 1.54) is 13.2 Å². The predicted molar refractivity (Wildman–Crippen MR) is 69.1 cm³/mol. The molecular formula is C15H21FO2. The predicted octanol–water partition coefficient (Wildman–Crippen LogP) is 3.84. The van der Waals surface area contributed by atoms with Crippen molar-refractivity contribution >= 4 is 0 Å². The first kappa shape index (κ1) is 13.3. The Kier molecular flexibility index (Phi) is 3.91. The third kappa shape index (κ3) is 2.24. The quantitative estimate of drug-likeness (QED) is 0.882. The summed E-state index contributed by atoms with van der Waals surface area (Å²) in [6.07, 6.45) is 4.40. The third-order valence-electron chi connectivity index (χ3n) is 4.39. The second kappa shape index (κ2) is 5.27. The highest BCUT2D eigenvalue weighted by atomic mass is 19.1. The van der Waals surface area contributed by atoms with Gasteiger partial charge >= 0.3 is 0 Å². The van der Waals surface area contributed by atoms with Crippen molar-refractivity contribution in [3.05, 3.63) is 29.6 Å². The Labute approximate surface area is 108 Å². The molecule has 1 saturated carbocycles. The summed E-state index contributed by atoms with van der Waals surface area (Å²) in [5.74, 6) is 0.113. The van der Waals surface area contributed by atoms with Gasteiger partial charge in [0.15, 0.2) is 0 Å². The van der Waals surface area contributed by atoms with E-state index >= 15 is 0 Å². The van der Waals surface area contributed by atoms with Gasteiger partial charge in [-0.1, -0.05) is 19.8 Å². The van der Waals surface area contributed by atoms with Crippen LogP contribution in [0, 0.1) is 11.2 Å². The number of ether oxygens (including phenoxy) is 1. The Balaban J connectivity index is 2.30. The van der Waals surface area contributed by atoms with Crippen molar-refractivity contribution in [2.45, 2.75) is 45.1 Å². The highest BCUT2D eigenvalue weighted by Crippen LogP contribution is 2.50. The van der Waals surface area contributed by atoms with Gasteiger partial charge in [0.05, 0.1) is 13.2 Å². The zero-order chi connectivity index (χ0) is 13.2. The summed E-state index contributed by atoms with van der Waals surface area (Å²) >= 11 is 0. The van der Waals surface area contributed by atoms with Crippen molar-refractivity contribution in [1.29, 1.82) is 0 Å². The Morgan fingerprint density at radius 1 is 1.39 bits per heavy atom. The molecule has 3 heteroatoms. The van der Waals surface area contributed by atoms with E-state index in [2.05, 4.69) is 6.92 Å². The van der Waals surface area contributed by atoms with E-state index in [1.807, 2.05) is 0 Å². The molecule has 1 atom stereocenters. The molecule has 1 aliphatic rings. The molecule has 0 aliphatic heterocycles. The molecule has 0 radical (unpaired) electrons. The fourth-order valence-electron chi connectivity index (χ4n) is 3.09. The molecule has 1 aromatic rings. The molecule has 1 aliphatic carbocycles. The summed E-state index contributed by atoms with van der Waals surface area (Å²) in [5, 5.41) is 10.5. The van der Waals surface area contributed by atoms with Crippen LogP contribution in [0.3, 0.4) is 0 Å². The van der Waals surface area contributed by atoms with Gasteiger partial charge in [0.1, 0.15) is 11.6 Å². The van der Waals surface area contributed by atoms with Gasteiger partial charge in [0.25, 0.3) is 0 Å². The fraction of sp³-hybridized carbons (Fsp3) is 0.600. The van der Waals surface area contributed by atoms with E-state index in [9.17, 15) is 9.50 Å². The van der Waals surface area contributed by atoms with E-state index in [1.54, 1.807) is 12.1 Å². The normalized spacial score (nSPS) is 19.8. The third-order valence-corrected chi connectivity index (χ3v) is 4.39. The van der Waals surface area contributed by atoms with E-state index < -0.39 is 6.10 Å². The van der Waals surface area contributed by atoms with Crippen LogP contribution in [0.25, 0.3) is 0 Å². The van der Waals surface area contributed by atoms with Gasteiger partial charge < -0.3 is 9.84 Å². The first-order chi connectivity index (χ1) is 8.63. The largest absolute Gasteiger partial charge is 0.497 e. The van der Waals surface area contributed by atoms with Crippen molar-refractivity contribution in [2.24, 2.45) is 5.41 Å². The van der Waals surface area contributed by atoms with Gasteiger partial charge in [-0.2, -0.15) is 0 Å². The molecule has 2 nitrogen and oxygen atoms in total. The minimum Gasteiger partial charge on any atom is -0.497 e. The number of aliphatic hydroxyl groups is 1. The smallest absolute Gasteiger partial charge is 0.132 e. The van der Waals surface area contributed by atoms with Crippen LogP contribution in [0.4, 0.5) is 4.39 Å². The van der Waals surface area contributed by atoms with Crippen LogP contribution in [-0.2, 0) is 0 Å². The van der Waals surface area contributed by atoms with Gasteiger partial charge in [0.2, 0.25) is 0 Å². The fourth-order valence-corrected chi connectivity index (χ4v) is 3.09. The molecule has 18 heavy (non-hydrogen) atoms. The van der Waals surface area contributed by atoms with Crippen LogP contribution < -0.4 is 4.74 Å². The lowest BCUT2D eigenvalue weighted by molar-refractivity contribution is 0.0211. The maximum atomic E-state index is 14.0. The van der Waals surface area contributed by atoms with Crippen LogP contribution >= 0.6 is 0 Å². The Morgan fingerprint density at radius 3 is 2.56 bits per heavy atom. The van der Waals surface area contributed by atoms with Crippen LogP contribution in [-0.4, -0.2) is 12.2 Å². The number of hydrogen-bond acceptors (Lipinski definition) is 2. The van der Waals surface area contributed by atoms with E-state index in [0.717, 1.165) is 32.1 Å². The topological polar surface area (TPSA) is 29.5 Å². The van der Waals surface area contributed by atoms with E-state index in [0.29, 0.717) is 11.3 Å². The summed E-state index contributed by atoms with van der Waals surface area (Å²) in [4.78, 5) is 0. The zero-order valence-electron chi connectivity index (χ0n) is 11.1. The molecule has 0 bridgehead atoms. The molecule has 1 unspecified atom stereocenters. The summed E-state index contributed by atoms with van der Waals surface area (Å²) in [5.41, 5.74) is 0.259. The van der Waals surface area contributed by atoms with Gasteiger partial charge in [0, 0.05) is 17.0 Å². The Morgan fingerprint density at radius 2 is 2.06 bits per heavy atom. The van der Waals surface area contributed by atoms with E-state index in [4.69, 9.17) is 4.74 Å². The molecule has 1 aromatic carbocycles. The number of methoxy groups -OCH3 is 1. The molecule has 0 amide bonds. The average molecular weight is 252 g/mol. The lowest BCUT2D eigenvalue weighted by Crippen LogP contribution is -2.25. The molecule has 0 saturated heterocycles. The first-order valence-electron chi connectivity index (χ1n) is 6.64. The highest BCUT2D eigenvalue weighted by molar-refractivity contribution is 5.31. The van der Waals surface area contributed by atoms with Gasteiger partial charge in [-0.25, -0.2) is 4.39 Å². The summed E-state index contributed by atoms with van der Waals surface area (Å²) < 4.78 is 19.0. The molecule has 0 spiro atoms. The van der Waals surface area contributed by atoms with Crippen molar-refractivity contribution in [3.8, 4) is 5.75 Å². The molecule has 1 N–H and O–H groups in total. The van der Waals surface area contributed by atoms with E-state index in [-0.39, 0.29) is 11.2 Å². The Bertz CT molecular complexity index is 411. The lowest BCUT2D eigenvalue weighted by Gasteiger charge is -2.33. The maximum absolute atomic E-state index is 14.0. The van der Waals surface area contributed by atoms with Gasteiger partial charge in [-0.3, -0.25) is 0 Å². The average Bonchev–Trinajstić information content (AvgIpc) is 2.87. The van der Waals surface area contributed by atoms with Crippen molar-refractivity contribution in [1.82, 2.24) is 0 Å². The molecule has 0 aromatic heterocycles. The van der Waals surface area contributed by atoms with Crippen molar-refractivity contribution in [3.63, 3.8) is 0 Å². The van der Waals surface area contributed by atoms with Crippen LogP contribution in [0.1, 0.15) is 50.7 Å². The number of rotatable bonds is 4. The molecular weight excluding hydrogens is 231 g/mol. The van der Waals surface area contributed by atoms with Crippen LogP contribution in [0.5, 0.6) is 5.75 Å². The van der Waals surface area contributed by atoms with Gasteiger partial charge in [-0.05, 0) is 31.4 Å². The Hall–Kier alpha value is -1.09. The molecule has 0 heterocycles. The van der Waals surface area contributed by atoms with Crippen molar-refractivity contribution < 1.29 is 14.2 Å². The lowest BCUT2D eigenvalue weighted by atomic mass is 9.75. The minimum atomic E-state index is -0.712. The summed E-state index contributed by atoms with van der Waals surface area (Å²) in [6.45, 7) is 2.08. The molecule has 1 fully saturated rings. The first-order valence-corrected chi connectivity index (χ1v) is 6.64. The molecule has 2 rings (SSSR count). The van der Waals surface area contributed by atoms with Gasteiger partial charge in [-0.15, -0.1) is 0 Å². The zero-order valence-corrected chi connectivity index (χ0v) is 11.1. The minimum absolute atomic E-state index is 0.143. The summed E-state index contributed by atoms with van der Waals surface area (Å²) in [7, 11) is 1.51. The van der Waals surface area contributed by atoms with Crippen LogP contribution in [0.2, 0.25) is 0 Å². The molecule has 100 valence electrons. The number of aliphatic hydroxyl groups excluding tert-OH is 1. The van der Waals surface area contributed by atoms with Crippen LogP contribution in [0.15, 0.2) is 18.2 Å². The van der Waals surface area contributed by atoms with Crippen molar-refractivity contribution in [2.75, 3.05) is 7.11 Å². The maximum Gasteiger partial charge on any atom is 0.132 e. The SMILES string of the molecule is CCC1(C(O)c2ccc(OC)cc2F)CCCC1. The second-order valence-electron chi connectivity index (χ2n) is 5.21. The summed E-state index contributed by atoms with van der Waals surface area (Å²) in [6, 6.07) is 4.70. The highest BCUT2D eigenvalue weighted by Gasteiger charge is 2.40. The standard InChI is InChI=1S/C15H21FO2/c1-3-15(8-4-5-9-15)14(17)12-7-6-11(18-2)10-13(12)16/h6-7,10,14,17H,3-5,8-9H2,1-2H3. The second-order valence-corrected chi connectivity index (χ2v) is 5.21. The number of halogens is 1. The number of benzene rings is 1. The number of hydrogen-bond donors (Lipinski definition) is 1. The monoisotopic (exact) mass is 252 g/mol.